The van der Waals surface area contributed by atoms with Crippen LogP contribution in [0.3, 0.4) is 0 Å². The van der Waals surface area contributed by atoms with Crippen molar-refractivity contribution in [3.63, 3.8) is 0 Å². The second-order valence-electron chi connectivity index (χ2n) is 5.60. The van der Waals surface area contributed by atoms with Crippen LogP contribution in [-0.2, 0) is 5.75 Å². The van der Waals surface area contributed by atoms with Crippen molar-refractivity contribution in [1.82, 2.24) is 0 Å². The van der Waals surface area contributed by atoms with Gasteiger partial charge in [0.2, 0.25) is 0 Å². The molecule has 0 bridgehead atoms. The van der Waals surface area contributed by atoms with Crippen LogP contribution >= 0.6 is 23.5 Å². The smallest absolute Gasteiger partial charge is 0.256 e. The monoisotopic (exact) mass is 372 g/mol. The van der Waals surface area contributed by atoms with Gasteiger partial charge in [0.25, 0.3) is 5.91 Å². The molecule has 0 radical (unpaired) electrons. The number of carbonyl (C=O) groups excluding carboxylic acids is 1. The fourth-order valence-electron chi connectivity index (χ4n) is 2.52. The maximum atomic E-state index is 12.8. The molecule has 1 N–H and O–H groups in total. The highest BCUT2D eigenvalue weighted by Gasteiger charge is 2.15. The second-order valence-corrected chi connectivity index (χ2v) is 7.91. The van der Waals surface area contributed by atoms with E-state index >= 15 is 0 Å². The Labute approximate surface area is 156 Å². The number of nitrogens with zero attached hydrogens (tertiary/aromatic N) is 1. The van der Waals surface area contributed by atoms with E-state index in [1.165, 1.54) is 0 Å². The normalized spacial score (nSPS) is 13.4. The van der Waals surface area contributed by atoms with Gasteiger partial charge in [0, 0.05) is 17.1 Å². The van der Waals surface area contributed by atoms with Crippen LogP contribution in [0, 0.1) is 6.92 Å². The molecule has 0 spiro atoms. The third-order valence-corrected chi connectivity index (χ3v) is 6.08. The van der Waals surface area contributed by atoms with Crippen LogP contribution in [-0.4, -0.2) is 29.7 Å². The molecule has 130 valence electrons. The summed E-state index contributed by atoms with van der Waals surface area (Å²) in [4.78, 5) is 17.2. The van der Waals surface area contributed by atoms with Crippen molar-refractivity contribution in [3.05, 3.63) is 59.2 Å². The van der Waals surface area contributed by atoms with E-state index in [0.29, 0.717) is 17.0 Å². The maximum Gasteiger partial charge on any atom is 0.256 e. The Kier molecular flexibility index (Phi) is 6.04. The molecule has 0 saturated carbocycles. The standard InChI is InChI=1S/C19H20N2O2S2/c1-13-7-8-17(23-2)16(11-13)21-18(22)15-6-4-3-5-14(15)12-25-19-20-9-10-24-19/h3-8,11H,9-10,12H2,1-2H3,(H,21,22). The number of amides is 1. The molecule has 2 aromatic carbocycles. The summed E-state index contributed by atoms with van der Waals surface area (Å²) in [6.45, 7) is 2.88. The zero-order valence-corrected chi connectivity index (χ0v) is 15.9. The van der Waals surface area contributed by atoms with E-state index in [1.807, 2.05) is 49.4 Å². The molecule has 0 aliphatic carbocycles. The minimum atomic E-state index is -0.124. The Bertz CT molecular complexity index is 806. The number of thioether (sulfide) groups is 2. The number of anilines is 1. The van der Waals surface area contributed by atoms with Crippen LogP contribution < -0.4 is 10.1 Å². The van der Waals surface area contributed by atoms with Crippen LogP contribution in [0.25, 0.3) is 0 Å². The zero-order chi connectivity index (χ0) is 17.6. The summed E-state index contributed by atoms with van der Waals surface area (Å²) in [6, 6.07) is 13.4. The Balaban J connectivity index is 1.77. The van der Waals surface area contributed by atoms with Gasteiger partial charge in [0.05, 0.1) is 19.3 Å². The van der Waals surface area contributed by atoms with Crippen LogP contribution in [0.15, 0.2) is 47.5 Å². The summed E-state index contributed by atoms with van der Waals surface area (Å²) in [5, 5.41) is 2.98. The lowest BCUT2D eigenvalue weighted by Crippen LogP contribution is -2.15. The third kappa shape index (κ3) is 4.58. The number of carbonyl (C=O) groups is 1. The summed E-state index contributed by atoms with van der Waals surface area (Å²) in [6.07, 6.45) is 0. The zero-order valence-electron chi connectivity index (χ0n) is 14.2. The third-order valence-electron chi connectivity index (χ3n) is 3.77. The van der Waals surface area contributed by atoms with Gasteiger partial charge in [-0.15, -0.1) is 0 Å². The average molecular weight is 373 g/mol. The number of nitrogens with one attached hydrogen (secondary N) is 1. The molecule has 0 atom stereocenters. The van der Waals surface area contributed by atoms with Gasteiger partial charge in [-0.2, -0.15) is 0 Å². The predicted molar refractivity (Wildman–Crippen MR) is 108 cm³/mol. The molecule has 25 heavy (non-hydrogen) atoms. The summed E-state index contributed by atoms with van der Waals surface area (Å²) in [7, 11) is 1.60. The van der Waals surface area contributed by atoms with Gasteiger partial charge < -0.3 is 10.1 Å². The highest BCUT2D eigenvalue weighted by Crippen LogP contribution is 2.28. The Morgan fingerprint density at radius 1 is 1.32 bits per heavy atom. The van der Waals surface area contributed by atoms with E-state index in [-0.39, 0.29) is 5.91 Å². The van der Waals surface area contributed by atoms with Gasteiger partial charge in [-0.25, -0.2) is 0 Å². The number of hydrogen-bond donors (Lipinski definition) is 1. The Morgan fingerprint density at radius 3 is 2.92 bits per heavy atom. The largest absolute Gasteiger partial charge is 0.495 e. The number of ether oxygens (including phenoxy) is 1. The van der Waals surface area contributed by atoms with Crippen molar-refractivity contribution < 1.29 is 9.53 Å². The van der Waals surface area contributed by atoms with Crippen molar-refractivity contribution in [1.29, 1.82) is 0 Å². The molecule has 6 heteroatoms. The Morgan fingerprint density at radius 2 is 2.16 bits per heavy atom. The number of rotatable bonds is 5. The predicted octanol–water partition coefficient (Wildman–Crippen LogP) is 4.59. The lowest BCUT2D eigenvalue weighted by atomic mass is 10.1. The van der Waals surface area contributed by atoms with Crippen molar-refractivity contribution >= 4 is 39.5 Å². The molecule has 1 aliphatic rings. The molecule has 2 aromatic rings. The van der Waals surface area contributed by atoms with Gasteiger partial charge in [0.15, 0.2) is 0 Å². The van der Waals surface area contributed by atoms with Gasteiger partial charge in [-0.1, -0.05) is 47.8 Å². The van der Waals surface area contributed by atoms with Gasteiger partial charge >= 0.3 is 0 Å². The minimum Gasteiger partial charge on any atom is -0.495 e. The number of benzene rings is 2. The van der Waals surface area contributed by atoms with Crippen molar-refractivity contribution in [3.8, 4) is 5.75 Å². The maximum absolute atomic E-state index is 12.8. The van der Waals surface area contributed by atoms with Crippen molar-refractivity contribution in [2.45, 2.75) is 12.7 Å². The molecular weight excluding hydrogens is 352 g/mol. The Hall–Kier alpha value is -1.92. The van der Waals surface area contributed by atoms with E-state index in [1.54, 1.807) is 30.6 Å². The van der Waals surface area contributed by atoms with E-state index in [2.05, 4.69) is 10.3 Å². The molecule has 1 amide bonds. The van der Waals surface area contributed by atoms with Crippen LogP contribution in [0.2, 0.25) is 0 Å². The van der Waals surface area contributed by atoms with Gasteiger partial charge in [-0.05, 0) is 36.2 Å². The molecular formula is C19H20N2O2S2. The van der Waals surface area contributed by atoms with Crippen LogP contribution in [0.5, 0.6) is 5.75 Å². The quantitative estimate of drug-likeness (QED) is 0.834. The molecule has 4 nitrogen and oxygen atoms in total. The van der Waals surface area contributed by atoms with Crippen molar-refractivity contribution in [2.75, 3.05) is 24.7 Å². The number of aliphatic imine (C=N–C) groups is 1. The number of aryl methyl sites for hydroxylation is 1. The van der Waals surface area contributed by atoms with Crippen LogP contribution in [0.1, 0.15) is 21.5 Å². The first-order valence-corrected chi connectivity index (χ1v) is 9.98. The van der Waals surface area contributed by atoms with Crippen molar-refractivity contribution in [2.24, 2.45) is 4.99 Å². The van der Waals surface area contributed by atoms with E-state index in [9.17, 15) is 4.79 Å². The van der Waals surface area contributed by atoms with Gasteiger partial charge in [0.1, 0.15) is 10.1 Å². The molecule has 0 saturated heterocycles. The van der Waals surface area contributed by atoms with E-state index in [4.69, 9.17) is 4.74 Å². The SMILES string of the molecule is COc1ccc(C)cc1NC(=O)c1ccccc1CSC1=NCCS1. The highest BCUT2D eigenvalue weighted by molar-refractivity contribution is 8.38. The molecule has 0 unspecified atom stereocenters. The van der Waals surface area contributed by atoms with Crippen LogP contribution in [0.4, 0.5) is 5.69 Å². The molecule has 0 fully saturated rings. The highest BCUT2D eigenvalue weighted by atomic mass is 32.2. The summed E-state index contributed by atoms with van der Waals surface area (Å²) in [5.41, 5.74) is 3.44. The lowest BCUT2D eigenvalue weighted by molar-refractivity contribution is 0.102. The summed E-state index contributed by atoms with van der Waals surface area (Å²) < 4.78 is 6.45. The topological polar surface area (TPSA) is 50.7 Å². The fraction of sp³-hybridized carbons (Fsp3) is 0.263. The number of methoxy groups -OCH3 is 1. The molecule has 1 heterocycles. The average Bonchev–Trinajstić information content (AvgIpc) is 3.14. The summed E-state index contributed by atoms with van der Waals surface area (Å²) >= 11 is 3.47. The first-order chi connectivity index (χ1) is 12.2. The summed E-state index contributed by atoms with van der Waals surface area (Å²) in [5.74, 6) is 2.32. The minimum absolute atomic E-state index is 0.124. The first-order valence-electron chi connectivity index (χ1n) is 8.01. The molecule has 1 aliphatic heterocycles. The first kappa shape index (κ1) is 17.9. The molecule has 3 rings (SSSR count). The van der Waals surface area contributed by atoms with E-state index < -0.39 is 0 Å². The fourth-order valence-corrected chi connectivity index (χ4v) is 4.53. The number of hydrogen-bond acceptors (Lipinski definition) is 5. The second kappa shape index (κ2) is 8.45. The van der Waals surface area contributed by atoms with Gasteiger partial charge in [-0.3, -0.25) is 9.79 Å². The van der Waals surface area contributed by atoms with E-state index in [0.717, 1.165) is 33.6 Å². The molecule has 0 aromatic heterocycles. The lowest BCUT2D eigenvalue weighted by Gasteiger charge is -2.13.